The van der Waals surface area contributed by atoms with Gasteiger partial charge in [0.25, 0.3) is 11.8 Å². The molecule has 1 aromatic carbocycles. The summed E-state index contributed by atoms with van der Waals surface area (Å²) in [4.78, 5) is 15.2. The lowest BCUT2D eigenvalue weighted by atomic mass is 10.1. The lowest BCUT2D eigenvalue weighted by Gasteiger charge is -2.21. The van der Waals surface area contributed by atoms with Gasteiger partial charge >= 0.3 is 11.6 Å². The van der Waals surface area contributed by atoms with Gasteiger partial charge in [0, 0.05) is 11.6 Å². The van der Waals surface area contributed by atoms with E-state index in [1.54, 1.807) is 43.3 Å². The highest BCUT2D eigenvalue weighted by molar-refractivity contribution is 5.64. The molecule has 11 heteroatoms. The van der Waals surface area contributed by atoms with Crippen LogP contribution in [0.2, 0.25) is 0 Å². The van der Waals surface area contributed by atoms with Crippen molar-refractivity contribution in [3.8, 4) is 17.5 Å². The quantitative estimate of drug-likeness (QED) is 0.156. The van der Waals surface area contributed by atoms with Crippen molar-refractivity contribution in [2.75, 3.05) is 0 Å². The molecule has 0 saturated carbocycles. The summed E-state index contributed by atoms with van der Waals surface area (Å²) < 4.78 is 46.0. The van der Waals surface area contributed by atoms with Crippen molar-refractivity contribution in [2.45, 2.75) is 51.4 Å². The van der Waals surface area contributed by atoms with Gasteiger partial charge in [-0.3, -0.25) is 10.1 Å². The van der Waals surface area contributed by atoms with Crippen molar-refractivity contribution in [2.24, 2.45) is 0 Å². The van der Waals surface area contributed by atoms with Gasteiger partial charge in [0.05, 0.1) is 17.6 Å². The van der Waals surface area contributed by atoms with E-state index in [1.807, 2.05) is 6.92 Å². The van der Waals surface area contributed by atoms with Crippen molar-refractivity contribution in [1.82, 2.24) is 15.2 Å². The Kier molecular flexibility index (Phi) is 8.59. The molecule has 0 amide bonds. The highest BCUT2D eigenvalue weighted by atomic mass is 19.3. The molecular formula is C25H26F2N4O5. The van der Waals surface area contributed by atoms with Gasteiger partial charge in [-0.1, -0.05) is 43.0 Å². The Morgan fingerprint density at radius 2 is 1.97 bits per heavy atom. The highest BCUT2D eigenvalue weighted by Crippen LogP contribution is 2.38. The third kappa shape index (κ3) is 6.36. The SMILES string of the molecule is C=CCC[C@@H](C)Oc1nc(-c2nnc(C(OCc3ccccc3)C(F)(F)C=C)o2)c([N+](=O)[O-])cc1C. The van der Waals surface area contributed by atoms with Gasteiger partial charge in [-0.15, -0.1) is 16.8 Å². The minimum absolute atomic E-state index is 0.125. The molecule has 2 aromatic heterocycles. The fraction of sp³-hybridized carbons (Fsp3) is 0.320. The summed E-state index contributed by atoms with van der Waals surface area (Å²) in [6.45, 7) is 10.1. The third-order valence-electron chi connectivity index (χ3n) is 5.18. The van der Waals surface area contributed by atoms with Crippen LogP contribution in [0.25, 0.3) is 11.6 Å². The zero-order chi connectivity index (χ0) is 26.3. The van der Waals surface area contributed by atoms with Crippen LogP contribution >= 0.6 is 0 Å². The Labute approximate surface area is 206 Å². The molecule has 0 bridgehead atoms. The van der Waals surface area contributed by atoms with E-state index >= 15 is 0 Å². The molecule has 190 valence electrons. The molecule has 2 atom stereocenters. The fourth-order valence-electron chi connectivity index (χ4n) is 3.24. The second-order valence-electron chi connectivity index (χ2n) is 8.03. The second kappa shape index (κ2) is 11.6. The number of alkyl halides is 2. The predicted molar refractivity (Wildman–Crippen MR) is 128 cm³/mol. The number of aryl methyl sites for hydroxylation is 1. The highest BCUT2D eigenvalue weighted by Gasteiger charge is 2.43. The molecule has 2 heterocycles. The summed E-state index contributed by atoms with van der Waals surface area (Å²) in [5, 5.41) is 19.1. The van der Waals surface area contributed by atoms with E-state index in [4.69, 9.17) is 13.9 Å². The molecule has 0 radical (unpaired) electrons. The lowest BCUT2D eigenvalue weighted by Crippen LogP contribution is -2.26. The molecule has 0 aliphatic rings. The molecule has 36 heavy (non-hydrogen) atoms. The summed E-state index contributed by atoms with van der Waals surface area (Å²) in [7, 11) is 0. The Morgan fingerprint density at radius 3 is 2.61 bits per heavy atom. The lowest BCUT2D eigenvalue weighted by molar-refractivity contribution is -0.384. The van der Waals surface area contributed by atoms with E-state index in [1.165, 1.54) is 6.07 Å². The molecule has 0 aliphatic carbocycles. The zero-order valence-corrected chi connectivity index (χ0v) is 19.9. The van der Waals surface area contributed by atoms with Crippen molar-refractivity contribution in [3.63, 3.8) is 0 Å². The van der Waals surface area contributed by atoms with Gasteiger partial charge < -0.3 is 13.9 Å². The van der Waals surface area contributed by atoms with Crippen LogP contribution in [0.1, 0.15) is 42.9 Å². The maximum absolute atomic E-state index is 14.7. The average Bonchev–Trinajstić information content (AvgIpc) is 3.33. The first kappa shape index (κ1) is 26.6. The van der Waals surface area contributed by atoms with E-state index in [-0.39, 0.29) is 24.3 Å². The number of allylic oxidation sites excluding steroid dienone is 1. The van der Waals surface area contributed by atoms with Crippen LogP contribution in [-0.4, -0.2) is 32.1 Å². The van der Waals surface area contributed by atoms with Gasteiger partial charge in [-0.2, -0.15) is 8.78 Å². The molecule has 0 N–H and O–H groups in total. The van der Waals surface area contributed by atoms with Gasteiger partial charge in [-0.05, 0) is 38.3 Å². The van der Waals surface area contributed by atoms with Crippen molar-refractivity contribution < 1.29 is 27.6 Å². The van der Waals surface area contributed by atoms with E-state index in [2.05, 4.69) is 28.3 Å². The Balaban J connectivity index is 1.96. The molecule has 0 fully saturated rings. The number of aromatic nitrogens is 3. The number of ether oxygens (including phenoxy) is 2. The first-order valence-electron chi connectivity index (χ1n) is 11.1. The Hall–Kier alpha value is -3.99. The van der Waals surface area contributed by atoms with E-state index in [0.717, 1.165) is 0 Å². The summed E-state index contributed by atoms with van der Waals surface area (Å²) in [5.41, 5.74) is 0.313. The van der Waals surface area contributed by atoms with Crippen LogP contribution in [0.3, 0.4) is 0 Å². The standard InChI is InChI=1S/C25H26F2N4O5/c1-5-7-11-17(4)35-22-16(3)14-19(31(32)33)20(28-22)23-29-30-24(36-23)21(25(26,27)6-2)34-15-18-12-9-8-10-13-18/h5-6,8-10,12-14,17,21H,1-2,7,11,15H2,3-4H3/t17-,21?/m1/s1. The molecule has 0 aliphatic heterocycles. The molecule has 1 unspecified atom stereocenters. The van der Waals surface area contributed by atoms with Crippen LogP contribution in [0, 0.1) is 17.0 Å². The number of pyridine rings is 1. The molecule has 0 spiro atoms. The maximum atomic E-state index is 14.7. The van der Waals surface area contributed by atoms with E-state index in [0.29, 0.717) is 30.0 Å². The largest absolute Gasteiger partial charge is 0.474 e. The number of nitro groups is 1. The van der Waals surface area contributed by atoms with Gasteiger partial charge in [-0.25, -0.2) is 4.98 Å². The van der Waals surface area contributed by atoms with Crippen LogP contribution < -0.4 is 4.74 Å². The third-order valence-corrected chi connectivity index (χ3v) is 5.18. The molecule has 0 saturated heterocycles. The number of benzene rings is 1. The van der Waals surface area contributed by atoms with Crippen molar-refractivity contribution in [3.05, 3.63) is 88.8 Å². The molecular weight excluding hydrogens is 474 g/mol. The number of rotatable bonds is 13. The number of halogens is 2. The topological polar surface area (TPSA) is 113 Å². The molecule has 3 rings (SSSR count). The fourth-order valence-corrected chi connectivity index (χ4v) is 3.24. The normalized spacial score (nSPS) is 13.1. The maximum Gasteiger partial charge on any atom is 0.301 e. The first-order chi connectivity index (χ1) is 17.2. The Bertz CT molecular complexity index is 1220. The molecule has 9 nitrogen and oxygen atoms in total. The summed E-state index contributed by atoms with van der Waals surface area (Å²) in [5.74, 6) is -4.45. The van der Waals surface area contributed by atoms with Crippen LogP contribution in [0.4, 0.5) is 14.5 Å². The van der Waals surface area contributed by atoms with E-state index in [9.17, 15) is 18.9 Å². The van der Waals surface area contributed by atoms with Crippen molar-refractivity contribution >= 4 is 5.69 Å². The van der Waals surface area contributed by atoms with Gasteiger partial charge in [0.15, 0.2) is 0 Å². The number of hydrogen-bond donors (Lipinski definition) is 0. The minimum atomic E-state index is -3.57. The first-order valence-corrected chi connectivity index (χ1v) is 11.1. The summed E-state index contributed by atoms with van der Waals surface area (Å²) >= 11 is 0. The smallest absolute Gasteiger partial charge is 0.301 e. The summed E-state index contributed by atoms with van der Waals surface area (Å²) in [6.07, 6.45) is 1.28. The predicted octanol–water partition coefficient (Wildman–Crippen LogP) is 6.16. The monoisotopic (exact) mass is 500 g/mol. The Morgan fingerprint density at radius 1 is 1.25 bits per heavy atom. The van der Waals surface area contributed by atoms with Crippen LogP contribution in [0.5, 0.6) is 5.88 Å². The van der Waals surface area contributed by atoms with Crippen LogP contribution in [-0.2, 0) is 11.3 Å². The number of nitrogens with zero attached hydrogens (tertiary/aromatic N) is 4. The summed E-state index contributed by atoms with van der Waals surface area (Å²) in [6, 6.07) is 9.93. The number of hydrogen-bond acceptors (Lipinski definition) is 8. The second-order valence-corrected chi connectivity index (χ2v) is 8.03. The van der Waals surface area contributed by atoms with Crippen molar-refractivity contribution in [1.29, 1.82) is 0 Å². The minimum Gasteiger partial charge on any atom is -0.474 e. The van der Waals surface area contributed by atoms with Gasteiger partial charge in [0.2, 0.25) is 17.7 Å². The zero-order valence-electron chi connectivity index (χ0n) is 19.9. The van der Waals surface area contributed by atoms with Crippen LogP contribution in [0.15, 0.2) is 66.1 Å². The van der Waals surface area contributed by atoms with E-state index < -0.39 is 34.4 Å². The molecule has 3 aromatic rings. The average molecular weight is 501 g/mol. The van der Waals surface area contributed by atoms with Gasteiger partial charge in [0.1, 0.15) is 0 Å².